The smallest absolute Gasteiger partial charge is 0.417 e. The van der Waals surface area contributed by atoms with Crippen molar-refractivity contribution in [3.05, 3.63) is 28.2 Å². The molecular weight excluding hydrogens is 402 g/mol. The van der Waals surface area contributed by atoms with Crippen LogP contribution in [0.2, 0.25) is 0 Å². The molecule has 4 nitrogen and oxygen atoms in total. The van der Waals surface area contributed by atoms with Crippen molar-refractivity contribution in [2.24, 2.45) is 0 Å². The lowest BCUT2D eigenvalue weighted by Gasteiger charge is -2.29. The van der Waals surface area contributed by atoms with E-state index >= 15 is 0 Å². The second kappa shape index (κ2) is 4.96. The number of hydrogen-bond acceptors (Lipinski definition) is 3. The fourth-order valence-electron chi connectivity index (χ4n) is 2.86. The van der Waals surface area contributed by atoms with Crippen LogP contribution in [0, 0.1) is 0 Å². The van der Waals surface area contributed by atoms with Crippen LogP contribution in [0.25, 0.3) is 0 Å². The number of rotatable bonds is 0. The average Bonchev–Trinajstić information content (AvgIpc) is 2.79. The van der Waals surface area contributed by atoms with Crippen molar-refractivity contribution in [3.8, 4) is 0 Å². The maximum atomic E-state index is 12.6. The van der Waals surface area contributed by atoms with Gasteiger partial charge in [-0.3, -0.25) is 0 Å². The standard InChI is InChI=1S/C15H17Br2NO3/c1-14(2,3)21-13(19)18-10-6-4-5-9(16)11(10)15(17)7-8-20-12(15)18/h4-6,12H,7-8H2,1-3H3/t12-,15+/m0/s1. The molecule has 0 radical (unpaired) electrons. The lowest BCUT2D eigenvalue weighted by Crippen LogP contribution is -2.45. The number of benzene rings is 1. The Morgan fingerprint density at radius 2 is 2.19 bits per heavy atom. The van der Waals surface area contributed by atoms with Crippen molar-refractivity contribution in [1.29, 1.82) is 0 Å². The summed E-state index contributed by atoms with van der Waals surface area (Å²) in [6, 6.07) is 5.82. The van der Waals surface area contributed by atoms with Gasteiger partial charge in [0.25, 0.3) is 0 Å². The van der Waals surface area contributed by atoms with Gasteiger partial charge in [0.15, 0.2) is 6.23 Å². The molecule has 6 heteroatoms. The molecule has 1 aromatic rings. The van der Waals surface area contributed by atoms with Crippen LogP contribution in [0.3, 0.4) is 0 Å². The van der Waals surface area contributed by atoms with Crippen molar-refractivity contribution >= 4 is 43.6 Å². The predicted molar refractivity (Wildman–Crippen MR) is 87.8 cm³/mol. The number of nitrogens with zero attached hydrogens (tertiary/aromatic N) is 1. The third kappa shape index (κ3) is 2.41. The van der Waals surface area contributed by atoms with E-state index in [0.29, 0.717) is 6.61 Å². The van der Waals surface area contributed by atoms with Crippen molar-refractivity contribution in [2.75, 3.05) is 11.5 Å². The Kier molecular flexibility index (Phi) is 3.62. The van der Waals surface area contributed by atoms with Gasteiger partial charge >= 0.3 is 6.09 Å². The van der Waals surface area contributed by atoms with Crippen LogP contribution >= 0.6 is 31.9 Å². The number of alkyl halides is 1. The van der Waals surface area contributed by atoms with E-state index in [1.54, 1.807) is 4.90 Å². The molecule has 21 heavy (non-hydrogen) atoms. The summed E-state index contributed by atoms with van der Waals surface area (Å²) in [6.07, 6.45) is 0.0585. The molecule has 2 atom stereocenters. The number of carbonyl (C=O) groups is 1. The van der Waals surface area contributed by atoms with E-state index < -0.39 is 5.60 Å². The van der Waals surface area contributed by atoms with Crippen LogP contribution in [0.5, 0.6) is 0 Å². The van der Waals surface area contributed by atoms with Gasteiger partial charge in [-0.15, -0.1) is 0 Å². The van der Waals surface area contributed by atoms with Gasteiger partial charge in [0, 0.05) is 10.0 Å². The summed E-state index contributed by atoms with van der Waals surface area (Å²) in [5.74, 6) is 0. The maximum absolute atomic E-state index is 12.6. The molecule has 1 amide bonds. The Balaban J connectivity index is 2.07. The molecular formula is C15H17Br2NO3. The van der Waals surface area contributed by atoms with Crippen LogP contribution in [-0.2, 0) is 13.8 Å². The van der Waals surface area contributed by atoms with E-state index in [1.165, 1.54) is 0 Å². The molecule has 3 rings (SSSR count). The zero-order valence-electron chi connectivity index (χ0n) is 12.2. The fourth-order valence-corrected chi connectivity index (χ4v) is 4.75. The molecule has 0 N–H and O–H groups in total. The minimum Gasteiger partial charge on any atom is -0.443 e. The summed E-state index contributed by atoms with van der Waals surface area (Å²) >= 11 is 7.40. The molecule has 1 saturated heterocycles. The molecule has 1 aromatic carbocycles. The number of carbonyl (C=O) groups excluding carboxylic acids is 1. The summed E-state index contributed by atoms with van der Waals surface area (Å²) in [7, 11) is 0. The second-order valence-electron chi connectivity index (χ2n) is 6.32. The molecule has 0 bridgehead atoms. The van der Waals surface area contributed by atoms with Gasteiger partial charge in [0.2, 0.25) is 0 Å². The Labute approximate surface area is 141 Å². The average molecular weight is 419 g/mol. The first-order chi connectivity index (χ1) is 9.74. The van der Waals surface area contributed by atoms with Crippen LogP contribution in [0.4, 0.5) is 10.5 Å². The van der Waals surface area contributed by atoms with Crippen LogP contribution in [0.1, 0.15) is 32.8 Å². The molecule has 114 valence electrons. The fraction of sp³-hybridized carbons (Fsp3) is 0.533. The van der Waals surface area contributed by atoms with Crippen molar-refractivity contribution < 1.29 is 14.3 Å². The molecule has 2 heterocycles. The van der Waals surface area contributed by atoms with E-state index in [9.17, 15) is 4.79 Å². The summed E-state index contributed by atoms with van der Waals surface area (Å²) in [5.41, 5.74) is 1.35. The zero-order valence-corrected chi connectivity index (χ0v) is 15.3. The van der Waals surface area contributed by atoms with E-state index in [0.717, 1.165) is 22.1 Å². The van der Waals surface area contributed by atoms with E-state index in [1.807, 2.05) is 39.0 Å². The van der Waals surface area contributed by atoms with Crippen molar-refractivity contribution in [3.63, 3.8) is 0 Å². The van der Waals surface area contributed by atoms with Crippen molar-refractivity contribution in [1.82, 2.24) is 0 Å². The van der Waals surface area contributed by atoms with Gasteiger partial charge in [-0.25, -0.2) is 9.69 Å². The lowest BCUT2D eigenvalue weighted by atomic mass is 9.98. The van der Waals surface area contributed by atoms with Gasteiger partial charge in [-0.05, 0) is 39.3 Å². The van der Waals surface area contributed by atoms with Crippen LogP contribution in [-0.4, -0.2) is 24.5 Å². The molecule has 2 aliphatic heterocycles. The molecule has 0 aliphatic carbocycles. The topological polar surface area (TPSA) is 38.8 Å². The number of anilines is 1. The lowest BCUT2D eigenvalue weighted by molar-refractivity contribution is 0.0411. The Bertz CT molecular complexity index is 599. The molecule has 2 aliphatic rings. The van der Waals surface area contributed by atoms with Gasteiger partial charge in [-0.2, -0.15) is 0 Å². The normalized spacial score (nSPS) is 27.5. The first-order valence-corrected chi connectivity index (χ1v) is 8.44. The highest BCUT2D eigenvalue weighted by Crippen LogP contribution is 2.57. The highest BCUT2D eigenvalue weighted by atomic mass is 79.9. The third-order valence-electron chi connectivity index (χ3n) is 3.62. The molecule has 0 spiro atoms. The Morgan fingerprint density at radius 1 is 1.48 bits per heavy atom. The molecule has 1 fully saturated rings. The number of fused-ring (bicyclic) bond motifs is 3. The number of halogens is 2. The minimum absolute atomic E-state index is 0.374. The largest absolute Gasteiger partial charge is 0.443 e. The summed E-state index contributed by atoms with van der Waals surface area (Å²) in [5, 5.41) is 0. The first-order valence-electron chi connectivity index (χ1n) is 6.86. The Morgan fingerprint density at radius 3 is 2.86 bits per heavy atom. The van der Waals surface area contributed by atoms with Gasteiger partial charge in [-0.1, -0.05) is 37.9 Å². The van der Waals surface area contributed by atoms with E-state index in [2.05, 4.69) is 31.9 Å². The summed E-state index contributed by atoms with van der Waals surface area (Å²) in [6.45, 7) is 6.19. The monoisotopic (exact) mass is 417 g/mol. The maximum Gasteiger partial charge on any atom is 0.417 e. The van der Waals surface area contributed by atoms with Crippen LogP contribution < -0.4 is 4.90 Å². The first kappa shape index (κ1) is 15.3. The second-order valence-corrected chi connectivity index (χ2v) is 8.59. The van der Waals surface area contributed by atoms with Gasteiger partial charge in [0.1, 0.15) is 9.93 Å². The Hall–Kier alpha value is -0.590. The summed E-state index contributed by atoms with van der Waals surface area (Å²) in [4.78, 5) is 14.2. The predicted octanol–water partition coefficient (Wildman–Crippen LogP) is 4.54. The quantitative estimate of drug-likeness (QED) is 0.580. The van der Waals surface area contributed by atoms with Gasteiger partial charge < -0.3 is 9.47 Å². The SMILES string of the molecule is CC(C)(C)OC(=O)N1c2cccc(Br)c2[C@]2(Br)CCO[C@H]12. The summed E-state index contributed by atoms with van der Waals surface area (Å²) < 4.78 is 12.0. The van der Waals surface area contributed by atoms with Crippen molar-refractivity contribution in [2.45, 2.75) is 43.3 Å². The molecule has 0 aromatic heterocycles. The third-order valence-corrected chi connectivity index (χ3v) is 5.47. The van der Waals surface area contributed by atoms with E-state index in [4.69, 9.17) is 9.47 Å². The number of amides is 1. The van der Waals surface area contributed by atoms with E-state index in [-0.39, 0.29) is 16.6 Å². The zero-order chi connectivity index (χ0) is 15.4. The highest BCUT2D eigenvalue weighted by molar-refractivity contribution is 9.11. The highest BCUT2D eigenvalue weighted by Gasteiger charge is 2.57. The van der Waals surface area contributed by atoms with Gasteiger partial charge in [0.05, 0.1) is 12.3 Å². The molecule has 0 unspecified atom stereocenters. The minimum atomic E-state index is -0.542. The van der Waals surface area contributed by atoms with Crippen LogP contribution in [0.15, 0.2) is 22.7 Å². The molecule has 0 saturated carbocycles. The number of hydrogen-bond donors (Lipinski definition) is 0. The number of ether oxygens (including phenoxy) is 2.